The maximum Gasteiger partial charge on any atom is 0.319 e. The normalized spacial score (nSPS) is 19.3. The lowest BCUT2D eigenvalue weighted by Crippen LogP contribution is -2.46. The summed E-state index contributed by atoms with van der Waals surface area (Å²) in [5.74, 6) is 0.529. The summed E-state index contributed by atoms with van der Waals surface area (Å²) < 4.78 is 0. The zero-order chi connectivity index (χ0) is 14.3. The lowest BCUT2D eigenvalue weighted by molar-refractivity contribution is -0.137. The van der Waals surface area contributed by atoms with Crippen LogP contribution in [0.25, 0.3) is 0 Å². The number of carbonyl (C=O) groups excluding carboxylic acids is 1. The van der Waals surface area contributed by atoms with Gasteiger partial charge in [0.2, 0.25) is 0 Å². The summed E-state index contributed by atoms with van der Waals surface area (Å²) in [6, 6.07) is 0.0778. The van der Waals surface area contributed by atoms with E-state index in [0.717, 1.165) is 31.7 Å². The number of carboxylic acids is 1. The first-order valence-corrected chi connectivity index (χ1v) is 8.14. The third-order valence-corrected chi connectivity index (χ3v) is 4.10. The number of rotatable bonds is 6. The van der Waals surface area contributed by atoms with Gasteiger partial charge >= 0.3 is 12.0 Å². The van der Waals surface area contributed by atoms with Gasteiger partial charge in [0, 0.05) is 38.9 Å². The number of aliphatic carboxylic acids is 1. The van der Waals surface area contributed by atoms with Gasteiger partial charge < -0.3 is 14.9 Å². The van der Waals surface area contributed by atoms with Crippen LogP contribution in [0.15, 0.2) is 0 Å². The number of urea groups is 1. The molecule has 1 N–H and O–H groups in total. The molecule has 2 amide bonds. The van der Waals surface area contributed by atoms with E-state index in [1.165, 1.54) is 0 Å². The summed E-state index contributed by atoms with van der Waals surface area (Å²) in [5.41, 5.74) is 0. The Hall–Kier alpha value is -0.910. The number of likely N-dealkylation sites (tertiary alicyclic amines) is 1. The second-order valence-electron chi connectivity index (χ2n) is 5.08. The fourth-order valence-electron chi connectivity index (χ4n) is 2.37. The molecule has 1 aliphatic heterocycles. The Morgan fingerprint density at radius 3 is 2.84 bits per heavy atom. The summed E-state index contributed by atoms with van der Waals surface area (Å²) in [4.78, 5) is 26.4. The molecule has 0 bridgehead atoms. The van der Waals surface area contributed by atoms with Crippen molar-refractivity contribution in [3.8, 4) is 0 Å². The van der Waals surface area contributed by atoms with Gasteiger partial charge in [-0.1, -0.05) is 0 Å². The second-order valence-corrected chi connectivity index (χ2v) is 6.07. The second kappa shape index (κ2) is 8.30. The molecule has 1 saturated heterocycles. The molecular weight excluding hydrogens is 264 g/mol. The minimum absolute atomic E-state index is 0.0778. The first-order chi connectivity index (χ1) is 9.04. The lowest BCUT2D eigenvalue weighted by Gasteiger charge is -2.35. The Morgan fingerprint density at radius 1 is 1.47 bits per heavy atom. The van der Waals surface area contributed by atoms with Gasteiger partial charge in [0.25, 0.3) is 0 Å². The van der Waals surface area contributed by atoms with Crippen LogP contribution in [-0.4, -0.2) is 65.6 Å². The van der Waals surface area contributed by atoms with Crippen molar-refractivity contribution in [3.05, 3.63) is 0 Å². The molecule has 1 unspecified atom stereocenters. The number of hydrogen-bond donors (Lipinski definition) is 1. The van der Waals surface area contributed by atoms with Crippen LogP contribution in [0, 0.1) is 5.92 Å². The number of carboxylic acid groups (broad SMARTS) is 1. The van der Waals surface area contributed by atoms with E-state index in [9.17, 15) is 9.59 Å². The van der Waals surface area contributed by atoms with Gasteiger partial charge in [-0.25, -0.2) is 4.79 Å². The van der Waals surface area contributed by atoms with E-state index in [1.807, 2.05) is 18.2 Å². The highest BCUT2D eigenvalue weighted by molar-refractivity contribution is 7.98. The van der Waals surface area contributed by atoms with Crippen LogP contribution in [0.4, 0.5) is 4.79 Å². The summed E-state index contributed by atoms with van der Waals surface area (Å²) in [7, 11) is 1.83. The van der Waals surface area contributed by atoms with E-state index in [0.29, 0.717) is 18.9 Å². The number of carbonyl (C=O) groups is 2. The molecule has 1 rings (SSSR count). The van der Waals surface area contributed by atoms with Crippen molar-refractivity contribution in [1.29, 1.82) is 0 Å². The average molecular weight is 288 g/mol. The SMILES string of the molecule is CSCCN(C)C(=O)N1CCCC(CCC(=O)O)C1. The number of hydrogen-bond acceptors (Lipinski definition) is 3. The summed E-state index contributed by atoms with van der Waals surface area (Å²) >= 11 is 1.73. The molecule has 110 valence electrons. The van der Waals surface area contributed by atoms with Gasteiger partial charge in [0.05, 0.1) is 0 Å². The van der Waals surface area contributed by atoms with Gasteiger partial charge in [-0.15, -0.1) is 0 Å². The van der Waals surface area contributed by atoms with Gasteiger partial charge in [-0.2, -0.15) is 11.8 Å². The highest BCUT2D eigenvalue weighted by atomic mass is 32.2. The van der Waals surface area contributed by atoms with Crippen LogP contribution in [-0.2, 0) is 4.79 Å². The molecule has 1 fully saturated rings. The topological polar surface area (TPSA) is 60.9 Å². The van der Waals surface area contributed by atoms with Crippen molar-refractivity contribution in [2.45, 2.75) is 25.7 Å². The Bertz CT molecular complexity index is 312. The Kier molecular flexibility index (Phi) is 7.05. The van der Waals surface area contributed by atoms with Crippen molar-refractivity contribution in [3.63, 3.8) is 0 Å². The van der Waals surface area contributed by atoms with Crippen LogP contribution < -0.4 is 0 Å². The van der Waals surface area contributed by atoms with Crippen LogP contribution in [0.3, 0.4) is 0 Å². The Morgan fingerprint density at radius 2 is 2.21 bits per heavy atom. The number of piperidine rings is 1. The zero-order valence-electron chi connectivity index (χ0n) is 11.8. The van der Waals surface area contributed by atoms with Crippen LogP contribution in [0.1, 0.15) is 25.7 Å². The largest absolute Gasteiger partial charge is 0.481 e. The number of amides is 2. The predicted octanol–water partition coefficient (Wildman–Crippen LogP) is 1.98. The molecule has 0 aromatic heterocycles. The summed E-state index contributed by atoms with van der Waals surface area (Å²) in [6.45, 7) is 2.26. The molecule has 0 spiro atoms. The van der Waals surface area contributed by atoms with Crippen molar-refractivity contribution < 1.29 is 14.7 Å². The van der Waals surface area contributed by atoms with Gasteiger partial charge in [0.15, 0.2) is 0 Å². The zero-order valence-corrected chi connectivity index (χ0v) is 12.6. The maximum absolute atomic E-state index is 12.2. The van der Waals surface area contributed by atoms with E-state index >= 15 is 0 Å². The minimum Gasteiger partial charge on any atom is -0.481 e. The standard InChI is InChI=1S/C13H24N2O3S/c1-14(8-9-19-2)13(18)15-7-3-4-11(10-15)5-6-12(16)17/h11H,3-10H2,1-2H3,(H,16,17). The number of thioether (sulfide) groups is 1. The molecule has 5 nitrogen and oxygen atoms in total. The molecule has 1 aliphatic rings. The lowest BCUT2D eigenvalue weighted by atomic mass is 9.93. The third-order valence-electron chi connectivity index (χ3n) is 3.51. The van der Waals surface area contributed by atoms with E-state index in [2.05, 4.69) is 0 Å². The quantitative estimate of drug-likeness (QED) is 0.812. The highest BCUT2D eigenvalue weighted by Gasteiger charge is 2.25. The van der Waals surface area contributed by atoms with E-state index in [4.69, 9.17) is 5.11 Å². The van der Waals surface area contributed by atoms with Crippen molar-refractivity contribution in [2.75, 3.05) is 38.7 Å². The van der Waals surface area contributed by atoms with Gasteiger partial charge in [-0.3, -0.25) is 4.79 Å². The van der Waals surface area contributed by atoms with Crippen molar-refractivity contribution in [1.82, 2.24) is 9.80 Å². The van der Waals surface area contributed by atoms with E-state index < -0.39 is 5.97 Å². The summed E-state index contributed by atoms with van der Waals surface area (Å²) in [6.07, 6.45) is 4.92. The molecule has 19 heavy (non-hydrogen) atoms. The fourth-order valence-corrected chi connectivity index (χ4v) is 2.82. The Labute approximate surface area is 119 Å². The molecule has 0 radical (unpaired) electrons. The molecule has 0 aromatic rings. The van der Waals surface area contributed by atoms with Crippen molar-refractivity contribution in [2.24, 2.45) is 5.92 Å². The first-order valence-electron chi connectivity index (χ1n) is 6.75. The van der Waals surface area contributed by atoms with E-state index in [1.54, 1.807) is 16.7 Å². The Balaban J connectivity index is 2.40. The minimum atomic E-state index is -0.750. The third kappa shape index (κ3) is 5.72. The van der Waals surface area contributed by atoms with Crippen LogP contribution in [0.2, 0.25) is 0 Å². The number of nitrogens with zero attached hydrogens (tertiary/aromatic N) is 2. The summed E-state index contributed by atoms with van der Waals surface area (Å²) in [5, 5.41) is 8.71. The molecule has 6 heteroatoms. The molecule has 1 atom stereocenters. The van der Waals surface area contributed by atoms with Crippen molar-refractivity contribution >= 4 is 23.8 Å². The first kappa shape index (κ1) is 16.1. The molecule has 0 saturated carbocycles. The molecule has 0 aromatic carbocycles. The van der Waals surface area contributed by atoms with Crippen LogP contribution >= 0.6 is 11.8 Å². The fraction of sp³-hybridized carbons (Fsp3) is 0.846. The molecule has 1 heterocycles. The monoisotopic (exact) mass is 288 g/mol. The average Bonchev–Trinajstić information content (AvgIpc) is 2.42. The maximum atomic E-state index is 12.2. The molecular formula is C13H24N2O3S. The smallest absolute Gasteiger partial charge is 0.319 e. The van der Waals surface area contributed by atoms with Crippen LogP contribution in [0.5, 0.6) is 0 Å². The van der Waals surface area contributed by atoms with Gasteiger partial charge in [0.1, 0.15) is 0 Å². The highest BCUT2D eigenvalue weighted by Crippen LogP contribution is 2.21. The van der Waals surface area contributed by atoms with E-state index in [-0.39, 0.29) is 12.5 Å². The predicted molar refractivity (Wildman–Crippen MR) is 77.6 cm³/mol. The molecule has 0 aliphatic carbocycles. The van der Waals surface area contributed by atoms with Gasteiger partial charge in [-0.05, 0) is 31.4 Å².